The van der Waals surface area contributed by atoms with E-state index in [9.17, 15) is 8.42 Å². The minimum Gasteiger partial charge on any atom is -0.395 e. The van der Waals surface area contributed by atoms with Gasteiger partial charge in [0, 0.05) is 25.6 Å². The summed E-state index contributed by atoms with van der Waals surface area (Å²) in [5.74, 6) is 5.71. The van der Waals surface area contributed by atoms with Crippen LogP contribution in [0.2, 0.25) is 0 Å². The van der Waals surface area contributed by atoms with E-state index in [1.807, 2.05) is 18.2 Å². The molecule has 1 aromatic rings. The maximum atomic E-state index is 11.3. The van der Waals surface area contributed by atoms with Crippen molar-refractivity contribution in [1.82, 2.24) is 9.44 Å². The first-order valence-electron chi connectivity index (χ1n) is 5.45. The highest BCUT2D eigenvalue weighted by molar-refractivity contribution is 7.87. The van der Waals surface area contributed by atoms with Crippen LogP contribution in [0.15, 0.2) is 24.3 Å². The van der Waals surface area contributed by atoms with Gasteiger partial charge in [-0.3, -0.25) is 0 Å². The van der Waals surface area contributed by atoms with Crippen molar-refractivity contribution in [3.63, 3.8) is 0 Å². The molecule has 0 saturated heterocycles. The molecule has 0 spiro atoms. The van der Waals surface area contributed by atoms with E-state index in [0.717, 1.165) is 11.1 Å². The first-order valence-corrected chi connectivity index (χ1v) is 6.93. The first-order chi connectivity index (χ1) is 8.59. The molecule has 18 heavy (non-hydrogen) atoms. The summed E-state index contributed by atoms with van der Waals surface area (Å²) < 4.78 is 27.1. The highest BCUT2D eigenvalue weighted by Gasteiger charge is 2.06. The van der Waals surface area contributed by atoms with Crippen LogP contribution >= 0.6 is 0 Å². The van der Waals surface area contributed by atoms with Gasteiger partial charge in [-0.15, -0.1) is 0 Å². The predicted molar refractivity (Wildman–Crippen MR) is 69.8 cm³/mol. The molecule has 0 amide bonds. The number of aliphatic hydroxyl groups excluding tert-OH is 1. The first kappa shape index (κ1) is 14.7. The smallest absolute Gasteiger partial charge is 0.276 e. The Bertz CT molecular complexity index is 544. The Balaban J connectivity index is 2.81. The summed E-state index contributed by atoms with van der Waals surface area (Å²) >= 11 is 0. The highest BCUT2D eigenvalue weighted by atomic mass is 32.2. The molecule has 0 aliphatic heterocycles. The second-order valence-electron chi connectivity index (χ2n) is 3.46. The van der Waals surface area contributed by atoms with Crippen molar-refractivity contribution in [3.05, 3.63) is 35.4 Å². The van der Waals surface area contributed by atoms with Crippen LogP contribution in [0.3, 0.4) is 0 Å². The van der Waals surface area contributed by atoms with Crippen LogP contribution in [0.5, 0.6) is 0 Å². The van der Waals surface area contributed by atoms with Gasteiger partial charge in [-0.05, 0) is 11.6 Å². The Morgan fingerprint density at radius 2 is 2.06 bits per heavy atom. The van der Waals surface area contributed by atoms with Crippen LogP contribution < -0.4 is 9.44 Å². The van der Waals surface area contributed by atoms with Gasteiger partial charge in [0.05, 0.1) is 6.61 Å². The van der Waals surface area contributed by atoms with Crippen molar-refractivity contribution in [2.75, 3.05) is 13.7 Å². The Hall–Kier alpha value is -1.39. The number of hydrogen-bond acceptors (Lipinski definition) is 3. The van der Waals surface area contributed by atoms with Gasteiger partial charge in [-0.2, -0.15) is 13.1 Å². The lowest BCUT2D eigenvalue weighted by atomic mass is 10.1. The molecule has 1 rings (SSSR count). The van der Waals surface area contributed by atoms with Crippen LogP contribution in [-0.4, -0.2) is 27.2 Å². The van der Waals surface area contributed by atoms with Gasteiger partial charge in [0.2, 0.25) is 0 Å². The Labute approximate surface area is 107 Å². The molecule has 1 aromatic carbocycles. The molecule has 0 bridgehead atoms. The predicted octanol–water partition coefficient (Wildman–Crippen LogP) is -0.0257. The lowest BCUT2D eigenvalue weighted by Crippen LogP contribution is -2.33. The van der Waals surface area contributed by atoms with E-state index in [1.54, 1.807) is 6.07 Å². The third-order valence-corrected chi connectivity index (χ3v) is 3.26. The van der Waals surface area contributed by atoms with Crippen molar-refractivity contribution < 1.29 is 13.5 Å². The molecule has 0 heterocycles. The van der Waals surface area contributed by atoms with Gasteiger partial charge in [-0.1, -0.05) is 30.0 Å². The number of rotatable bonds is 5. The van der Waals surface area contributed by atoms with E-state index in [4.69, 9.17) is 5.11 Å². The zero-order valence-electron chi connectivity index (χ0n) is 10.1. The Morgan fingerprint density at radius 3 is 2.72 bits per heavy atom. The SMILES string of the molecule is CNS(=O)(=O)NCc1ccccc1C#CCCO. The molecule has 0 fully saturated rings. The molecule has 0 aliphatic rings. The number of nitrogens with one attached hydrogen (secondary N) is 2. The quantitative estimate of drug-likeness (QED) is 0.656. The molecule has 0 aliphatic carbocycles. The zero-order chi connectivity index (χ0) is 13.4. The highest BCUT2D eigenvalue weighted by Crippen LogP contribution is 2.07. The standard InChI is InChI=1S/C12H16N2O3S/c1-13-18(16,17)14-10-12-8-3-2-6-11(12)7-4-5-9-15/h2-3,6,8,13-15H,5,9-10H2,1H3. The lowest BCUT2D eigenvalue weighted by molar-refractivity contribution is 0.305. The second-order valence-corrected chi connectivity index (χ2v) is 5.17. The van der Waals surface area contributed by atoms with E-state index in [0.29, 0.717) is 6.42 Å². The lowest BCUT2D eigenvalue weighted by Gasteiger charge is -2.06. The van der Waals surface area contributed by atoms with Gasteiger partial charge in [-0.25, -0.2) is 4.72 Å². The maximum absolute atomic E-state index is 11.3. The fourth-order valence-corrected chi connectivity index (χ4v) is 1.74. The molecule has 0 aromatic heterocycles. The van der Waals surface area contributed by atoms with Crippen LogP contribution in [0.25, 0.3) is 0 Å². The number of hydrogen-bond donors (Lipinski definition) is 3. The van der Waals surface area contributed by atoms with Gasteiger partial charge >= 0.3 is 0 Å². The summed E-state index contributed by atoms with van der Waals surface area (Å²) in [5, 5.41) is 8.65. The summed E-state index contributed by atoms with van der Waals surface area (Å²) in [7, 11) is -2.11. The molecule has 98 valence electrons. The third kappa shape index (κ3) is 4.85. The summed E-state index contributed by atoms with van der Waals surface area (Å²) in [5.41, 5.74) is 1.55. The molecule has 3 N–H and O–H groups in total. The minimum absolute atomic E-state index is 0.0154. The van der Waals surface area contributed by atoms with Crippen molar-refractivity contribution in [3.8, 4) is 11.8 Å². The molecule has 5 nitrogen and oxygen atoms in total. The average Bonchev–Trinajstić information content (AvgIpc) is 2.38. The van der Waals surface area contributed by atoms with E-state index < -0.39 is 10.2 Å². The molecule has 0 unspecified atom stereocenters. The van der Waals surface area contributed by atoms with Gasteiger partial charge in [0.15, 0.2) is 0 Å². The molecule has 0 atom stereocenters. The molecule has 0 saturated carbocycles. The van der Waals surface area contributed by atoms with Gasteiger partial charge in [0.25, 0.3) is 10.2 Å². The maximum Gasteiger partial charge on any atom is 0.276 e. The second kappa shape index (κ2) is 7.13. The zero-order valence-corrected chi connectivity index (χ0v) is 10.9. The van der Waals surface area contributed by atoms with Gasteiger partial charge in [0.1, 0.15) is 0 Å². The number of benzene rings is 1. The third-order valence-electron chi connectivity index (χ3n) is 2.20. The van der Waals surface area contributed by atoms with Crippen molar-refractivity contribution in [1.29, 1.82) is 0 Å². The van der Waals surface area contributed by atoms with Crippen molar-refractivity contribution >= 4 is 10.2 Å². The summed E-state index contributed by atoms with van der Waals surface area (Å²) in [6.07, 6.45) is 0.399. The van der Waals surface area contributed by atoms with Crippen LogP contribution in [0.4, 0.5) is 0 Å². The fraction of sp³-hybridized carbons (Fsp3) is 0.333. The molecular formula is C12H16N2O3S. The minimum atomic E-state index is -3.45. The van der Waals surface area contributed by atoms with Crippen LogP contribution in [0.1, 0.15) is 17.5 Å². The molecular weight excluding hydrogens is 252 g/mol. The van der Waals surface area contributed by atoms with E-state index >= 15 is 0 Å². The molecule has 6 heteroatoms. The Morgan fingerprint density at radius 1 is 1.33 bits per heavy atom. The van der Waals surface area contributed by atoms with Crippen molar-refractivity contribution in [2.24, 2.45) is 0 Å². The van der Waals surface area contributed by atoms with Gasteiger partial charge < -0.3 is 5.11 Å². The van der Waals surface area contributed by atoms with Crippen LogP contribution in [-0.2, 0) is 16.8 Å². The summed E-state index contributed by atoms with van der Waals surface area (Å²) in [4.78, 5) is 0. The largest absolute Gasteiger partial charge is 0.395 e. The van der Waals surface area contributed by atoms with E-state index in [-0.39, 0.29) is 13.2 Å². The number of aliphatic hydroxyl groups is 1. The molecule has 0 radical (unpaired) electrons. The van der Waals surface area contributed by atoms with Crippen LogP contribution in [0, 0.1) is 11.8 Å². The average molecular weight is 268 g/mol. The topological polar surface area (TPSA) is 78.4 Å². The summed E-state index contributed by atoms with van der Waals surface area (Å²) in [6.45, 7) is 0.189. The van der Waals surface area contributed by atoms with E-state index in [2.05, 4.69) is 21.3 Å². The fourth-order valence-electron chi connectivity index (χ4n) is 1.25. The Kier molecular flexibility index (Phi) is 5.82. The monoisotopic (exact) mass is 268 g/mol. The van der Waals surface area contributed by atoms with E-state index in [1.165, 1.54) is 7.05 Å². The normalized spacial score (nSPS) is 10.8. The summed E-state index contributed by atoms with van der Waals surface area (Å²) in [6, 6.07) is 7.27. The van der Waals surface area contributed by atoms with Crippen molar-refractivity contribution in [2.45, 2.75) is 13.0 Å².